The molecule has 1 aliphatic rings. The van der Waals surface area contributed by atoms with Crippen LogP contribution in [0.2, 0.25) is 0 Å². The Hall–Kier alpha value is -6.89. The van der Waals surface area contributed by atoms with Crippen molar-refractivity contribution >= 4 is 65.5 Å². The first-order chi connectivity index (χ1) is 36.5. The second kappa shape index (κ2) is 34.7. The Morgan fingerprint density at radius 3 is 1.57 bits per heavy atom. The molecule has 29 nitrogen and oxygen atoms in total. The lowest BCUT2D eigenvalue weighted by Gasteiger charge is -2.29. The van der Waals surface area contributed by atoms with Crippen molar-refractivity contribution in [2.24, 2.45) is 34.6 Å². The molecular weight excluding hydrogens is 1010 g/mol. The second-order valence-electron chi connectivity index (χ2n) is 19.0. The SMILES string of the molecule is CC(C)C[C@@H]1NC(=O)[C@@H](Cc2ccccc2)NC(=O)[C@H](CCN)NC(=O)[C@@H](NC(=O)[C@H](CCN)NC(=O)[C@@H](NC(=O)[C@H](CCN)NC=O)[C@@H](C)O)CCNC(=O)[C@H]([C@@H](C)O)NC(=O)[C@H](CCN)NC(=O)[C@H](CCN)NC1=O. The van der Waals surface area contributed by atoms with E-state index < -0.39 is 145 Å². The number of nitrogens with one attached hydrogen (secondary N) is 11. The number of aliphatic hydroxyl groups excluding tert-OH is 2. The van der Waals surface area contributed by atoms with Gasteiger partial charge in [-0.2, -0.15) is 0 Å². The van der Waals surface area contributed by atoms with E-state index in [0.717, 1.165) is 0 Å². The predicted molar refractivity (Wildman–Crippen MR) is 279 cm³/mol. The van der Waals surface area contributed by atoms with E-state index in [1.165, 1.54) is 13.8 Å². The smallest absolute Gasteiger partial charge is 0.245 e. The molecule has 1 aliphatic heterocycles. The maximum atomic E-state index is 14.4. The van der Waals surface area contributed by atoms with Crippen molar-refractivity contribution in [3.8, 4) is 0 Å². The van der Waals surface area contributed by atoms with Crippen LogP contribution in [-0.2, 0) is 59.2 Å². The minimum absolute atomic E-state index is 0.0310. The molecule has 0 aromatic heterocycles. The van der Waals surface area contributed by atoms with E-state index in [1.807, 2.05) is 0 Å². The van der Waals surface area contributed by atoms with Gasteiger partial charge in [0.2, 0.25) is 65.5 Å². The van der Waals surface area contributed by atoms with Crippen LogP contribution < -0.4 is 87.2 Å². The zero-order valence-corrected chi connectivity index (χ0v) is 44.1. The predicted octanol–water partition coefficient (Wildman–Crippen LogP) is -8.22. The summed E-state index contributed by atoms with van der Waals surface area (Å²) in [4.78, 5) is 150. The molecular formula is C48H82N16O13. The third kappa shape index (κ3) is 22.7. The first-order valence-corrected chi connectivity index (χ1v) is 25.7. The summed E-state index contributed by atoms with van der Waals surface area (Å²) in [5.41, 5.74) is 29.5. The Morgan fingerprint density at radius 1 is 0.597 bits per heavy atom. The standard InChI is InChI=1S/C48H82N16O13/c1-25(2)22-35-45(74)58-30(11-17-50)40(69)57-33(14-20-53)44(73)63-37(26(3)66)47(76)54-21-15-34(43(72)56-31(12-18-51)42(71)62-36(46(75)61-35)23-28-8-6-5-7-9-28)59-41(70)32(13-19-52)60-48(77)38(27(4)67)64-39(68)29(10-16-49)55-24-65/h5-9,24-27,29-38,66-67H,10-23,49-53H2,1-4H3,(H,54,76)(H,55,65)(H,56,72)(H,57,69)(H,58,74)(H,59,70)(H,60,77)(H,61,75)(H,62,71)(H,63,73)(H,64,68)/t26-,27-,29+,30+,31+,32+,33+,34+,35+,36-,37+,38+/m1/s1. The van der Waals surface area contributed by atoms with Crippen LogP contribution in [0.4, 0.5) is 0 Å². The first-order valence-electron chi connectivity index (χ1n) is 25.7. The van der Waals surface area contributed by atoms with Crippen molar-refractivity contribution in [1.29, 1.82) is 0 Å². The molecule has 1 aromatic carbocycles. The number of hydrogen-bond donors (Lipinski definition) is 18. The lowest BCUT2D eigenvalue weighted by Crippen LogP contribution is -2.62. The van der Waals surface area contributed by atoms with Gasteiger partial charge >= 0.3 is 0 Å². The summed E-state index contributed by atoms with van der Waals surface area (Å²) in [6.45, 7) is 4.76. The summed E-state index contributed by atoms with van der Waals surface area (Å²) >= 11 is 0. The average molecular weight is 1090 g/mol. The molecule has 2 rings (SSSR count). The van der Waals surface area contributed by atoms with E-state index in [-0.39, 0.29) is 90.0 Å². The maximum Gasteiger partial charge on any atom is 0.245 e. The van der Waals surface area contributed by atoms with Gasteiger partial charge in [0, 0.05) is 13.0 Å². The molecule has 0 spiro atoms. The number of benzene rings is 1. The highest BCUT2D eigenvalue weighted by Crippen LogP contribution is 2.11. The fourth-order valence-electron chi connectivity index (χ4n) is 7.97. The Kier molecular flexibility index (Phi) is 29.8. The fraction of sp³-hybridized carbons (Fsp3) is 0.646. The average Bonchev–Trinajstić information content (AvgIpc) is 3.37. The lowest BCUT2D eigenvalue weighted by atomic mass is 10.00. The highest BCUT2D eigenvalue weighted by Gasteiger charge is 2.37. The minimum atomic E-state index is -1.69. The number of rotatable bonds is 24. The molecule has 1 aromatic rings. The van der Waals surface area contributed by atoms with Gasteiger partial charge in [0.15, 0.2) is 0 Å². The molecule has 0 radical (unpaired) electrons. The summed E-state index contributed by atoms with van der Waals surface area (Å²) in [6, 6.07) is -6.22. The van der Waals surface area contributed by atoms with Gasteiger partial charge in [-0.1, -0.05) is 44.2 Å². The zero-order valence-electron chi connectivity index (χ0n) is 44.1. The molecule has 0 aliphatic carbocycles. The van der Waals surface area contributed by atoms with E-state index in [2.05, 4.69) is 58.5 Å². The molecule has 11 amide bonds. The number of aliphatic hydroxyl groups is 2. The second-order valence-corrected chi connectivity index (χ2v) is 19.0. The van der Waals surface area contributed by atoms with Crippen molar-refractivity contribution in [3.63, 3.8) is 0 Å². The summed E-state index contributed by atoms with van der Waals surface area (Å²) in [5, 5.41) is 48.6. The number of hydrogen-bond acceptors (Lipinski definition) is 18. The Bertz CT molecular complexity index is 2120. The highest BCUT2D eigenvalue weighted by atomic mass is 16.3. The quantitative estimate of drug-likeness (QED) is 0.0428. The number of nitrogens with two attached hydrogens (primary N) is 5. The van der Waals surface area contributed by atoms with Gasteiger partial charge in [-0.25, -0.2) is 0 Å². The zero-order chi connectivity index (χ0) is 57.8. The molecule has 432 valence electrons. The largest absolute Gasteiger partial charge is 0.391 e. The molecule has 77 heavy (non-hydrogen) atoms. The molecule has 1 saturated heterocycles. The lowest BCUT2D eigenvalue weighted by molar-refractivity contribution is -0.136. The van der Waals surface area contributed by atoms with Crippen molar-refractivity contribution in [3.05, 3.63) is 35.9 Å². The van der Waals surface area contributed by atoms with Gasteiger partial charge in [0.05, 0.1) is 12.2 Å². The first kappa shape index (κ1) is 66.2. The van der Waals surface area contributed by atoms with Crippen molar-refractivity contribution in [2.45, 2.75) is 152 Å². The normalized spacial score (nSPS) is 23.6. The van der Waals surface area contributed by atoms with Crippen molar-refractivity contribution < 1.29 is 63.0 Å². The van der Waals surface area contributed by atoms with E-state index in [0.29, 0.717) is 5.56 Å². The number of carbonyl (C=O) groups is 11. The van der Waals surface area contributed by atoms with Gasteiger partial charge in [0.1, 0.15) is 60.4 Å². The van der Waals surface area contributed by atoms with Crippen LogP contribution in [0.15, 0.2) is 30.3 Å². The topological polar surface area (TPSA) is 491 Å². The summed E-state index contributed by atoms with van der Waals surface area (Å²) < 4.78 is 0. The van der Waals surface area contributed by atoms with Gasteiger partial charge in [-0.3, -0.25) is 52.7 Å². The Labute approximate surface area is 447 Å². The Morgan fingerprint density at radius 2 is 1.08 bits per heavy atom. The molecule has 12 atom stereocenters. The van der Waals surface area contributed by atoms with Gasteiger partial charge in [-0.05, 0) is 103 Å². The van der Waals surface area contributed by atoms with Gasteiger partial charge < -0.3 is 97.4 Å². The van der Waals surface area contributed by atoms with Crippen LogP contribution in [0.25, 0.3) is 0 Å². The molecule has 0 unspecified atom stereocenters. The van der Waals surface area contributed by atoms with Crippen LogP contribution in [0.5, 0.6) is 0 Å². The third-order valence-electron chi connectivity index (χ3n) is 12.1. The van der Waals surface area contributed by atoms with Crippen LogP contribution in [0.3, 0.4) is 0 Å². The summed E-state index contributed by atoms with van der Waals surface area (Å²) in [7, 11) is 0. The molecule has 23 N–H and O–H groups in total. The highest BCUT2D eigenvalue weighted by molar-refractivity contribution is 5.99. The molecule has 1 heterocycles. The van der Waals surface area contributed by atoms with Crippen molar-refractivity contribution in [2.75, 3.05) is 39.3 Å². The molecule has 29 heteroatoms. The summed E-state index contributed by atoms with van der Waals surface area (Å²) in [6.07, 6.45) is -4.25. The molecule has 1 fully saturated rings. The maximum absolute atomic E-state index is 14.4. The van der Waals surface area contributed by atoms with Gasteiger partial charge in [0.25, 0.3) is 0 Å². The Balaban J connectivity index is 2.74. The van der Waals surface area contributed by atoms with Gasteiger partial charge in [-0.15, -0.1) is 0 Å². The number of carbonyl (C=O) groups excluding carboxylic acids is 11. The fourth-order valence-corrected chi connectivity index (χ4v) is 7.97. The van der Waals surface area contributed by atoms with Crippen LogP contribution in [0.1, 0.15) is 78.2 Å². The van der Waals surface area contributed by atoms with Crippen molar-refractivity contribution in [1.82, 2.24) is 58.5 Å². The number of amides is 11. The van der Waals surface area contributed by atoms with Crippen LogP contribution in [0, 0.1) is 5.92 Å². The van der Waals surface area contributed by atoms with Crippen LogP contribution >= 0.6 is 0 Å². The van der Waals surface area contributed by atoms with Crippen LogP contribution in [-0.4, -0.2) is 188 Å². The molecule has 0 bridgehead atoms. The van der Waals surface area contributed by atoms with E-state index in [4.69, 9.17) is 28.7 Å². The third-order valence-corrected chi connectivity index (χ3v) is 12.1. The monoisotopic (exact) mass is 1090 g/mol. The minimum Gasteiger partial charge on any atom is -0.391 e. The van der Waals surface area contributed by atoms with E-state index in [9.17, 15) is 63.0 Å². The van der Waals surface area contributed by atoms with E-state index >= 15 is 0 Å². The van der Waals surface area contributed by atoms with E-state index in [1.54, 1.807) is 44.2 Å². The molecule has 0 saturated carbocycles. The summed E-state index contributed by atoms with van der Waals surface area (Å²) in [5.74, 6) is -9.60.